The highest BCUT2D eigenvalue weighted by Gasteiger charge is 2.16. The molecule has 1 atom stereocenters. The summed E-state index contributed by atoms with van der Waals surface area (Å²) in [6.07, 6.45) is 68.7. The average Bonchev–Trinajstić information content (AvgIpc) is 3.25. The van der Waals surface area contributed by atoms with E-state index in [1.165, 1.54) is 148 Å². The summed E-state index contributed by atoms with van der Waals surface area (Å²) in [6, 6.07) is 0. The summed E-state index contributed by atoms with van der Waals surface area (Å²) in [4.78, 5) is 24.4. The highest BCUT2D eigenvalue weighted by atomic mass is 16.6. The molecule has 0 aromatic heterocycles. The summed E-state index contributed by atoms with van der Waals surface area (Å²) < 4.78 is 10.6. The number of unbranched alkanes of at least 4 members (excludes halogenated alkanes) is 26. The van der Waals surface area contributed by atoms with Gasteiger partial charge in [-0.15, -0.1) is 0 Å². The molecule has 5 heteroatoms. The lowest BCUT2D eigenvalue weighted by molar-refractivity contribution is -0.161. The van der Waals surface area contributed by atoms with Crippen LogP contribution < -0.4 is 0 Å². The van der Waals surface area contributed by atoms with E-state index in [1.54, 1.807) is 0 Å². The number of ether oxygens (including phenoxy) is 2. The van der Waals surface area contributed by atoms with Gasteiger partial charge in [-0.1, -0.05) is 222 Å². The second-order valence-electron chi connectivity index (χ2n) is 16.9. The fourth-order valence-corrected chi connectivity index (χ4v) is 7.17. The maximum Gasteiger partial charge on any atom is 0.306 e. The monoisotopic (exact) mass is 837 g/mol. The van der Waals surface area contributed by atoms with Gasteiger partial charge in [0.2, 0.25) is 0 Å². The molecular weight excluding hydrogens is 741 g/mol. The van der Waals surface area contributed by atoms with Crippen LogP contribution in [0.15, 0.2) is 72.9 Å². The molecule has 1 unspecified atom stereocenters. The predicted octanol–water partition coefficient (Wildman–Crippen LogP) is 16.9. The third-order valence-electron chi connectivity index (χ3n) is 11.0. The number of rotatable bonds is 46. The third kappa shape index (κ3) is 48.0. The molecular formula is C55H96O5. The number of hydrogen-bond donors (Lipinski definition) is 1. The molecule has 346 valence electrons. The highest BCUT2D eigenvalue weighted by molar-refractivity contribution is 5.70. The first-order valence-electron chi connectivity index (χ1n) is 25.5. The summed E-state index contributed by atoms with van der Waals surface area (Å²) in [5, 5.41) is 9.59. The standard InChI is InChI=1S/C55H96O5/c1-3-5-7-9-11-13-15-17-19-20-21-22-23-24-25-26-27-28-29-30-31-32-33-34-36-37-39-41-43-45-47-49-54(57)59-52-53(51-56)60-55(58)50-48-46-44-42-40-38-35-18-16-14-12-10-8-6-4-2/h6,8,12,14-15,17-18,20-21,35,40,42,53,56H,3-5,7,9-11,13,16,19,22-34,36-39,41,43-52H2,1-2H3/b8-6-,14-12-,17-15-,21-20-,35-18-,42-40-. The van der Waals surface area contributed by atoms with E-state index in [1.807, 2.05) is 0 Å². The predicted molar refractivity (Wildman–Crippen MR) is 260 cm³/mol. The quantitative estimate of drug-likeness (QED) is 0.0376. The Labute approximate surface area is 372 Å². The number of carbonyl (C=O) groups excluding carboxylic acids is 2. The molecule has 5 nitrogen and oxygen atoms in total. The second-order valence-corrected chi connectivity index (χ2v) is 16.9. The maximum absolute atomic E-state index is 12.2. The largest absolute Gasteiger partial charge is 0.462 e. The lowest BCUT2D eigenvalue weighted by Crippen LogP contribution is -2.28. The van der Waals surface area contributed by atoms with Crippen LogP contribution in [0.4, 0.5) is 0 Å². The van der Waals surface area contributed by atoms with Crippen molar-refractivity contribution in [1.82, 2.24) is 0 Å². The second kappa shape index (κ2) is 50.7. The van der Waals surface area contributed by atoms with Crippen molar-refractivity contribution < 1.29 is 24.2 Å². The molecule has 0 aromatic rings. The van der Waals surface area contributed by atoms with Crippen LogP contribution in [0.25, 0.3) is 0 Å². The lowest BCUT2D eigenvalue weighted by Gasteiger charge is -2.15. The lowest BCUT2D eigenvalue weighted by atomic mass is 10.0. The number of carbonyl (C=O) groups is 2. The van der Waals surface area contributed by atoms with Gasteiger partial charge in [0.25, 0.3) is 0 Å². The number of aliphatic hydroxyl groups excluding tert-OH is 1. The molecule has 1 N–H and O–H groups in total. The normalized spacial score (nSPS) is 12.8. The Morgan fingerprint density at radius 1 is 0.400 bits per heavy atom. The zero-order valence-corrected chi connectivity index (χ0v) is 39.5. The van der Waals surface area contributed by atoms with Crippen LogP contribution in [0.5, 0.6) is 0 Å². The highest BCUT2D eigenvalue weighted by Crippen LogP contribution is 2.16. The van der Waals surface area contributed by atoms with Crippen molar-refractivity contribution >= 4 is 11.9 Å². The van der Waals surface area contributed by atoms with E-state index < -0.39 is 6.10 Å². The fourth-order valence-electron chi connectivity index (χ4n) is 7.17. The molecule has 0 aliphatic carbocycles. The summed E-state index contributed by atoms with van der Waals surface area (Å²) in [5.41, 5.74) is 0. The first-order chi connectivity index (χ1) is 29.6. The molecule has 0 amide bonds. The van der Waals surface area contributed by atoms with Gasteiger partial charge in [-0.05, 0) is 83.5 Å². The molecule has 0 aliphatic rings. The number of allylic oxidation sites excluding steroid dienone is 12. The zero-order valence-electron chi connectivity index (χ0n) is 39.5. The Hall–Kier alpha value is -2.66. The molecule has 0 saturated heterocycles. The third-order valence-corrected chi connectivity index (χ3v) is 11.0. The van der Waals surface area contributed by atoms with E-state index in [4.69, 9.17) is 9.47 Å². The van der Waals surface area contributed by atoms with Crippen molar-refractivity contribution in [3.05, 3.63) is 72.9 Å². The van der Waals surface area contributed by atoms with Crippen molar-refractivity contribution in [3.8, 4) is 0 Å². The van der Waals surface area contributed by atoms with E-state index in [2.05, 4.69) is 86.8 Å². The Bertz CT molecular complexity index is 1080. The topological polar surface area (TPSA) is 72.8 Å². The summed E-state index contributed by atoms with van der Waals surface area (Å²) >= 11 is 0. The van der Waals surface area contributed by atoms with E-state index in [9.17, 15) is 14.7 Å². The molecule has 0 bridgehead atoms. The molecule has 0 fully saturated rings. The molecule has 0 radical (unpaired) electrons. The van der Waals surface area contributed by atoms with Crippen molar-refractivity contribution in [1.29, 1.82) is 0 Å². The van der Waals surface area contributed by atoms with E-state index in [-0.39, 0.29) is 25.2 Å². The summed E-state index contributed by atoms with van der Waals surface area (Å²) in [6.45, 7) is 3.99. The summed E-state index contributed by atoms with van der Waals surface area (Å²) in [5.74, 6) is -0.636. The van der Waals surface area contributed by atoms with Crippen molar-refractivity contribution in [2.24, 2.45) is 0 Å². The first-order valence-corrected chi connectivity index (χ1v) is 25.5. The van der Waals surface area contributed by atoms with Gasteiger partial charge in [-0.25, -0.2) is 0 Å². The first kappa shape index (κ1) is 57.3. The van der Waals surface area contributed by atoms with Gasteiger partial charge < -0.3 is 14.6 Å². The van der Waals surface area contributed by atoms with Gasteiger partial charge in [0.1, 0.15) is 6.61 Å². The minimum Gasteiger partial charge on any atom is -0.462 e. The Morgan fingerprint density at radius 3 is 1.12 bits per heavy atom. The van der Waals surface area contributed by atoms with E-state index in [0.29, 0.717) is 12.8 Å². The Balaban J connectivity index is 3.48. The van der Waals surface area contributed by atoms with E-state index in [0.717, 1.165) is 70.6 Å². The molecule has 0 aromatic carbocycles. The van der Waals surface area contributed by atoms with Gasteiger partial charge in [-0.3, -0.25) is 9.59 Å². The number of aliphatic hydroxyl groups is 1. The van der Waals surface area contributed by atoms with Gasteiger partial charge in [0, 0.05) is 12.8 Å². The van der Waals surface area contributed by atoms with Crippen LogP contribution in [-0.2, 0) is 19.1 Å². The van der Waals surface area contributed by atoms with Crippen LogP contribution in [0.2, 0.25) is 0 Å². The molecule has 60 heavy (non-hydrogen) atoms. The molecule has 0 heterocycles. The number of esters is 2. The van der Waals surface area contributed by atoms with Crippen LogP contribution in [-0.4, -0.2) is 36.4 Å². The van der Waals surface area contributed by atoms with Gasteiger partial charge >= 0.3 is 11.9 Å². The van der Waals surface area contributed by atoms with Crippen LogP contribution >= 0.6 is 0 Å². The maximum atomic E-state index is 12.2. The molecule has 0 spiro atoms. The minimum absolute atomic E-state index is 0.0835. The molecule has 0 aliphatic heterocycles. The SMILES string of the molecule is CC/C=C\C/C=C\C/C=C\C/C=C\CCCCC(=O)OC(CO)COC(=O)CCCCCCCCCCCCCCCCCCCCC/C=C\C/C=C\CCCCCCC. The van der Waals surface area contributed by atoms with Crippen molar-refractivity contribution in [2.45, 2.75) is 251 Å². The Morgan fingerprint density at radius 2 is 0.717 bits per heavy atom. The molecule has 0 rings (SSSR count). The van der Waals surface area contributed by atoms with Gasteiger partial charge in [-0.2, -0.15) is 0 Å². The molecule has 0 saturated carbocycles. The fraction of sp³-hybridized carbons (Fsp3) is 0.745. The van der Waals surface area contributed by atoms with Crippen LogP contribution in [0, 0.1) is 0 Å². The Kier molecular flexibility index (Phi) is 48.4. The number of hydrogen-bond acceptors (Lipinski definition) is 5. The van der Waals surface area contributed by atoms with E-state index >= 15 is 0 Å². The summed E-state index contributed by atoms with van der Waals surface area (Å²) in [7, 11) is 0. The van der Waals surface area contributed by atoms with Gasteiger partial charge in [0.05, 0.1) is 6.61 Å². The smallest absolute Gasteiger partial charge is 0.306 e. The van der Waals surface area contributed by atoms with Crippen molar-refractivity contribution in [2.75, 3.05) is 13.2 Å². The van der Waals surface area contributed by atoms with Crippen LogP contribution in [0.3, 0.4) is 0 Å². The zero-order chi connectivity index (χ0) is 43.5. The minimum atomic E-state index is -0.795. The van der Waals surface area contributed by atoms with Crippen molar-refractivity contribution in [3.63, 3.8) is 0 Å². The van der Waals surface area contributed by atoms with Gasteiger partial charge in [0.15, 0.2) is 6.10 Å². The average molecular weight is 837 g/mol. The van der Waals surface area contributed by atoms with Crippen LogP contribution in [0.1, 0.15) is 245 Å².